The molecular formula is C27H30O6. The van der Waals surface area contributed by atoms with Crippen molar-refractivity contribution in [2.45, 2.75) is 32.3 Å². The number of hydrogen-bond donors (Lipinski definition) is 1. The predicted octanol–water partition coefficient (Wildman–Crippen LogP) is 4.87. The maximum Gasteiger partial charge on any atom is 0.305 e. The highest BCUT2D eigenvalue weighted by Crippen LogP contribution is 2.15. The Bertz CT molecular complexity index is 966. The Labute approximate surface area is 194 Å². The molecule has 0 unspecified atom stereocenters. The van der Waals surface area contributed by atoms with Gasteiger partial charge < -0.3 is 19.3 Å². The van der Waals surface area contributed by atoms with Gasteiger partial charge in [-0.2, -0.15) is 0 Å². The van der Waals surface area contributed by atoms with Crippen LogP contribution in [0.4, 0.5) is 0 Å². The minimum Gasteiger partial charge on any atom is -0.508 e. The lowest BCUT2D eigenvalue weighted by Gasteiger charge is -2.07. The number of hydrogen-bond acceptors (Lipinski definition) is 6. The van der Waals surface area contributed by atoms with E-state index < -0.39 is 0 Å². The average molecular weight is 451 g/mol. The second kappa shape index (κ2) is 14.3. The molecule has 3 aromatic carbocycles. The maximum absolute atomic E-state index is 11.1. The van der Waals surface area contributed by atoms with Crippen molar-refractivity contribution >= 4 is 11.9 Å². The quantitative estimate of drug-likeness (QED) is 0.469. The van der Waals surface area contributed by atoms with Gasteiger partial charge in [0.15, 0.2) is 0 Å². The van der Waals surface area contributed by atoms with E-state index in [0.29, 0.717) is 32.3 Å². The fourth-order valence-electron chi connectivity index (χ4n) is 2.85. The molecule has 0 saturated heterocycles. The molecule has 0 amide bonds. The molecule has 0 bridgehead atoms. The summed E-state index contributed by atoms with van der Waals surface area (Å²) in [6.07, 6.45) is 2.11. The van der Waals surface area contributed by atoms with Crippen LogP contribution in [0.1, 0.15) is 29.5 Å². The number of methoxy groups -OCH3 is 2. The molecule has 0 atom stereocenters. The van der Waals surface area contributed by atoms with E-state index in [4.69, 9.17) is 9.84 Å². The van der Waals surface area contributed by atoms with Crippen LogP contribution < -0.4 is 4.74 Å². The largest absolute Gasteiger partial charge is 0.508 e. The van der Waals surface area contributed by atoms with Crippen LogP contribution in [-0.4, -0.2) is 31.3 Å². The zero-order valence-electron chi connectivity index (χ0n) is 19.0. The van der Waals surface area contributed by atoms with Crippen molar-refractivity contribution in [3.63, 3.8) is 0 Å². The van der Waals surface area contributed by atoms with Crippen LogP contribution in [0.5, 0.6) is 11.5 Å². The maximum atomic E-state index is 11.1. The third-order valence-electron chi connectivity index (χ3n) is 4.80. The molecule has 33 heavy (non-hydrogen) atoms. The van der Waals surface area contributed by atoms with E-state index in [1.165, 1.54) is 14.2 Å². The lowest BCUT2D eigenvalue weighted by Crippen LogP contribution is -2.01. The van der Waals surface area contributed by atoms with E-state index in [1.54, 1.807) is 24.3 Å². The van der Waals surface area contributed by atoms with Gasteiger partial charge in [-0.3, -0.25) is 9.59 Å². The van der Waals surface area contributed by atoms with E-state index in [2.05, 4.69) is 9.47 Å². The van der Waals surface area contributed by atoms with Crippen LogP contribution in [0.3, 0.4) is 0 Å². The van der Waals surface area contributed by atoms with Crippen molar-refractivity contribution in [3.8, 4) is 11.5 Å². The average Bonchev–Trinajstić information content (AvgIpc) is 2.87. The van der Waals surface area contributed by atoms with Crippen molar-refractivity contribution in [2.75, 3.05) is 14.2 Å². The summed E-state index contributed by atoms with van der Waals surface area (Å²) in [5, 5.41) is 8.99. The molecule has 0 aliphatic carbocycles. The highest BCUT2D eigenvalue weighted by atomic mass is 16.5. The number of phenolic OH excluding ortho intramolecular Hbond substituents is 1. The molecule has 0 aliphatic rings. The number of ether oxygens (including phenoxy) is 3. The van der Waals surface area contributed by atoms with E-state index >= 15 is 0 Å². The molecular weight excluding hydrogens is 420 g/mol. The van der Waals surface area contributed by atoms with Crippen molar-refractivity contribution < 1.29 is 28.9 Å². The number of phenols is 1. The van der Waals surface area contributed by atoms with Crippen molar-refractivity contribution in [1.29, 1.82) is 0 Å². The Balaban J connectivity index is 0.000000257. The van der Waals surface area contributed by atoms with Gasteiger partial charge in [0.2, 0.25) is 0 Å². The summed E-state index contributed by atoms with van der Waals surface area (Å²) in [7, 11) is 2.78. The summed E-state index contributed by atoms with van der Waals surface area (Å²) >= 11 is 0. The number of esters is 2. The Morgan fingerprint density at radius 2 is 1.15 bits per heavy atom. The SMILES string of the molecule is COC(=O)CCc1ccc(O)cc1.COC(=O)CCc1ccc(OCc2ccccc2)cc1. The van der Waals surface area contributed by atoms with Gasteiger partial charge in [-0.05, 0) is 53.8 Å². The summed E-state index contributed by atoms with van der Waals surface area (Å²) in [5.74, 6) is 0.667. The van der Waals surface area contributed by atoms with Gasteiger partial charge in [0.1, 0.15) is 18.1 Å². The first-order valence-corrected chi connectivity index (χ1v) is 10.7. The Hall–Kier alpha value is -3.80. The van der Waals surface area contributed by atoms with Crippen LogP contribution in [0, 0.1) is 0 Å². The second-order valence-electron chi connectivity index (χ2n) is 7.24. The number of carbonyl (C=O) groups excluding carboxylic acids is 2. The van der Waals surface area contributed by atoms with Crippen molar-refractivity contribution in [1.82, 2.24) is 0 Å². The number of aromatic hydroxyl groups is 1. The summed E-state index contributed by atoms with van der Waals surface area (Å²) in [5.41, 5.74) is 3.26. The number of rotatable bonds is 9. The fourth-order valence-corrected chi connectivity index (χ4v) is 2.85. The number of benzene rings is 3. The van der Waals surface area contributed by atoms with Crippen LogP contribution in [-0.2, 0) is 38.5 Å². The topological polar surface area (TPSA) is 82.1 Å². The first kappa shape index (κ1) is 25.5. The molecule has 3 rings (SSSR count). The molecule has 0 heterocycles. The highest BCUT2D eigenvalue weighted by molar-refractivity contribution is 5.69. The zero-order chi connectivity index (χ0) is 23.9. The minimum atomic E-state index is -0.215. The van der Waals surface area contributed by atoms with Gasteiger partial charge in [0.05, 0.1) is 14.2 Å². The zero-order valence-corrected chi connectivity index (χ0v) is 19.0. The monoisotopic (exact) mass is 450 g/mol. The molecule has 0 aliphatic heterocycles. The first-order valence-electron chi connectivity index (χ1n) is 10.7. The molecule has 0 saturated carbocycles. The minimum absolute atomic E-state index is 0.186. The molecule has 6 nitrogen and oxygen atoms in total. The second-order valence-corrected chi connectivity index (χ2v) is 7.24. The number of carbonyl (C=O) groups is 2. The van der Waals surface area contributed by atoms with Gasteiger partial charge in [-0.1, -0.05) is 54.6 Å². The first-order chi connectivity index (χ1) is 16.0. The van der Waals surface area contributed by atoms with Crippen LogP contribution >= 0.6 is 0 Å². The van der Waals surface area contributed by atoms with Crippen molar-refractivity contribution in [3.05, 3.63) is 95.6 Å². The van der Waals surface area contributed by atoms with E-state index in [1.807, 2.05) is 54.6 Å². The smallest absolute Gasteiger partial charge is 0.305 e. The van der Waals surface area contributed by atoms with Crippen LogP contribution in [0.2, 0.25) is 0 Å². The van der Waals surface area contributed by atoms with E-state index in [0.717, 1.165) is 22.4 Å². The van der Waals surface area contributed by atoms with Gasteiger partial charge >= 0.3 is 11.9 Å². The third-order valence-corrected chi connectivity index (χ3v) is 4.80. The Kier molecular flexibility index (Phi) is 11.0. The molecule has 3 aromatic rings. The summed E-state index contributed by atoms with van der Waals surface area (Å²) in [6, 6.07) is 24.6. The van der Waals surface area contributed by atoms with Gasteiger partial charge in [-0.15, -0.1) is 0 Å². The van der Waals surface area contributed by atoms with Gasteiger partial charge in [-0.25, -0.2) is 0 Å². The Morgan fingerprint density at radius 3 is 1.64 bits per heavy atom. The lowest BCUT2D eigenvalue weighted by atomic mass is 10.1. The van der Waals surface area contributed by atoms with E-state index in [-0.39, 0.29) is 17.7 Å². The van der Waals surface area contributed by atoms with Gasteiger partial charge in [0.25, 0.3) is 0 Å². The molecule has 0 fully saturated rings. The van der Waals surface area contributed by atoms with Crippen LogP contribution in [0.15, 0.2) is 78.9 Å². The molecule has 6 heteroatoms. The molecule has 1 N–H and O–H groups in total. The standard InChI is InChI=1S/C17H18O3.C10H12O3/c1-19-17(18)12-9-14-7-10-16(11-8-14)20-13-15-5-3-2-4-6-15;1-13-10(12)7-4-8-2-5-9(11)6-3-8/h2-8,10-11H,9,12-13H2,1H3;2-3,5-6,11H,4,7H2,1H3. The third kappa shape index (κ3) is 10.4. The number of aryl methyl sites for hydroxylation is 2. The lowest BCUT2D eigenvalue weighted by molar-refractivity contribution is -0.141. The molecule has 0 spiro atoms. The molecule has 0 aromatic heterocycles. The summed E-state index contributed by atoms with van der Waals surface area (Å²) in [4.78, 5) is 21.8. The van der Waals surface area contributed by atoms with Crippen LogP contribution in [0.25, 0.3) is 0 Å². The Morgan fingerprint density at radius 1 is 0.667 bits per heavy atom. The van der Waals surface area contributed by atoms with E-state index in [9.17, 15) is 9.59 Å². The highest BCUT2D eigenvalue weighted by Gasteiger charge is 2.02. The van der Waals surface area contributed by atoms with Crippen molar-refractivity contribution in [2.24, 2.45) is 0 Å². The molecule has 0 radical (unpaired) electrons. The predicted molar refractivity (Wildman–Crippen MR) is 126 cm³/mol. The summed E-state index contributed by atoms with van der Waals surface area (Å²) < 4.78 is 14.8. The normalized spacial score (nSPS) is 9.88. The fraction of sp³-hybridized carbons (Fsp3) is 0.259. The summed E-state index contributed by atoms with van der Waals surface area (Å²) in [6.45, 7) is 0.558. The molecule has 174 valence electrons. The van der Waals surface area contributed by atoms with Gasteiger partial charge in [0, 0.05) is 12.8 Å².